The lowest BCUT2D eigenvalue weighted by molar-refractivity contribution is -0.161. The first kappa shape index (κ1) is 94.1. The number of phosphoric ester groups is 2. The van der Waals surface area contributed by atoms with Crippen molar-refractivity contribution in [2.24, 2.45) is 0 Å². The molecule has 0 aromatic carbocycles. The molecule has 2 unspecified atom stereocenters. The number of hydrogen-bond acceptors (Lipinski definition) is 15. The molecule has 0 aliphatic carbocycles. The van der Waals surface area contributed by atoms with Gasteiger partial charge in [0.25, 0.3) is 0 Å². The zero-order valence-electron chi connectivity index (χ0n) is 62.4. The number of phosphoric acid groups is 2. The second-order valence-corrected chi connectivity index (χ2v) is 30.7. The maximum atomic E-state index is 13.1. The van der Waals surface area contributed by atoms with Crippen LogP contribution in [-0.4, -0.2) is 96.7 Å². The summed E-state index contributed by atoms with van der Waals surface area (Å²) in [6.45, 7) is 4.93. The lowest BCUT2D eigenvalue weighted by atomic mass is 10.0. The second kappa shape index (κ2) is 71.5. The van der Waals surface area contributed by atoms with E-state index in [0.717, 1.165) is 103 Å². The Bertz CT molecular complexity index is 1830. The van der Waals surface area contributed by atoms with Gasteiger partial charge in [-0.15, -0.1) is 0 Å². The van der Waals surface area contributed by atoms with E-state index in [2.05, 4.69) is 27.7 Å². The van der Waals surface area contributed by atoms with Crippen molar-refractivity contribution in [3.8, 4) is 0 Å². The average Bonchev–Trinajstić information content (AvgIpc) is 1.18. The van der Waals surface area contributed by atoms with Gasteiger partial charge in [-0.1, -0.05) is 362 Å². The minimum Gasteiger partial charge on any atom is -0.462 e. The van der Waals surface area contributed by atoms with Gasteiger partial charge >= 0.3 is 39.5 Å². The Morgan fingerprint density at radius 2 is 0.417 bits per heavy atom. The minimum absolute atomic E-state index is 0.106. The maximum Gasteiger partial charge on any atom is 0.472 e. The van der Waals surface area contributed by atoms with E-state index < -0.39 is 97.5 Å². The van der Waals surface area contributed by atoms with E-state index in [4.69, 9.17) is 37.0 Å². The number of rotatable bonds is 78. The Morgan fingerprint density at radius 1 is 0.250 bits per heavy atom. The van der Waals surface area contributed by atoms with Gasteiger partial charge in [0.2, 0.25) is 0 Å². The SMILES string of the molecule is CCCCCCCCCCCCCCCCCCCCCCCCC(=O)O[C@H](COC(=O)CCCCCCCCCCCCCCCCCCCC)COP(=O)(O)OC[C@@H](O)COP(=O)(O)OC[C@@H](COC(=O)CCCCCCCCC)OC(=O)CCCCCCCCCCC. The summed E-state index contributed by atoms with van der Waals surface area (Å²) in [5.74, 6) is -2.12. The molecule has 3 N–H and O–H groups in total. The Morgan fingerprint density at radius 3 is 0.615 bits per heavy atom. The van der Waals surface area contributed by atoms with Crippen molar-refractivity contribution in [2.75, 3.05) is 39.6 Å². The van der Waals surface area contributed by atoms with Gasteiger partial charge in [0.1, 0.15) is 19.3 Å². The molecule has 17 nitrogen and oxygen atoms in total. The van der Waals surface area contributed by atoms with Crippen molar-refractivity contribution in [1.82, 2.24) is 0 Å². The Kier molecular flexibility index (Phi) is 70.0. The zero-order chi connectivity index (χ0) is 70.4. The molecule has 0 aliphatic rings. The molecule has 0 saturated carbocycles. The number of ether oxygens (including phenoxy) is 4. The molecule has 0 amide bonds. The highest BCUT2D eigenvalue weighted by Gasteiger charge is 2.30. The van der Waals surface area contributed by atoms with Crippen LogP contribution in [0.15, 0.2) is 0 Å². The van der Waals surface area contributed by atoms with Gasteiger partial charge in [-0.25, -0.2) is 9.13 Å². The summed E-state index contributed by atoms with van der Waals surface area (Å²) in [6, 6.07) is 0. The van der Waals surface area contributed by atoms with Crippen LogP contribution in [0.3, 0.4) is 0 Å². The number of unbranched alkanes of at least 4 members (excludes halogenated alkanes) is 52. The summed E-state index contributed by atoms with van der Waals surface area (Å²) < 4.78 is 68.3. The predicted octanol–water partition coefficient (Wildman–Crippen LogP) is 23.0. The van der Waals surface area contributed by atoms with Gasteiger partial charge in [-0.3, -0.25) is 37.3 Å². The van der Waals surface area contributed by atoms with Gasteiger partial charge in [0.15, 0.2) is 12.2 Å². The summed E-state index contributed by atoms with van der Waals surface area (Å²) >= 11 is 0. The summed E-state index contributed by atoms with van der Waals surface area (Å²) in [4.78, 5) is 72.6. The average molecular weight is 1410 g/mol. The van der Waals surface area contributed by atoms with E-state index in [1.807, 2.05) is 0 Å². The molecule has 0 spiro atoms. The minimum atomic E-state index is -4.96. The highest BCUT2D eigenvalue weighted by molar-refractivity contribution is 7.47. The fourth-order valence-electron chi connectivity index (χ4n) is 11.9. The van der Waals surface area contributed by atoms with Crippen molar-refractivity contribution in [2.45, 2.75) is 431 Å². The van der Waals surface area contributed by atoms with Crippen LogP contribution in [0.1, 0.15) is 413 Å². The lowest BCUT2D eigenvalue weighted by Gasteiger charge is -2.21. The Labute approximate surface area is 588 Å². The molecular weight excluding hydrogens is 1260 g/mol. The normalized spacial score (nSPS) is 13.9. The largest absolute Gasteiger partial charge is 0.472 e. The van der Waals surface area contributed by atoms with E-state index in [0.29, 0.717) is 25.7 Å². The number of aliphatic hydroxyl groups is 1. The molecule has 0 heterocycles. The van der Waals surface area contributed by atoms with E-state index in [1.54, 1.807) is 0 Å². The molecule has 0 saturated heterocycles. The van der Waals surface area contributed by atoms with Gasteiger partial charge in [-0.05, 0) is 25.7 Å². The molecule has 5 atom stereocenters. The molecule has 96 heavy (non-hydrogen) atoms. The number of aliphatic hydroxyl groups excluding tert-OH is 1. The molecule has 19 heteroatoms. The first-order chi connectivity index (χ1) is 46.7. The van der Waals surface area contributed by atoms with Crippen molar-refractivity contribution < 1.29 is 80.2 Å². The molecule has 0 rings (SSSR count). The van der Waals surface area contributed by atoms with Crippen LogP contribution < -0.4 is 0 Å². The predicted molar refractivity (Wildman–Crippen MR) is 391 cm³/mol. The van der Waals surface area contributed by atoms with Gasteiger partial charge in [0, 0.05) is 25.7 Å². The molecule has 570 valence electrons. The number of carbonyl (C=O) groups excluding carboxylic acids is 4. The molecule has 0 bridgehead atoms. The van der Waals surface area contributed by atoms with Crippen LogP contribution in [0.4, 0.5) is 0 Å². The Balaban J connectivity index is 5.12. The van der Waals surface area contributed by atoms with Crippen molar-refractivity contribution in [3.05, 3.63) is 0 Å². The smallest absolute Gasteiger partial charge is 0.462 e. The van der Waals surface area contributed by atoms with Crippen LogP contribution in [0.25, 0.3) is 0 Å². The Hall–Kier alpha value is -1.94. The van der Waals surface area contributed by atoms with E-state index in [-0.39, 0.29) is 25.7 Å². The standard InChI is InChI=1S/C77H150O17P2/c1-5-9-13-17-21-24-26-28-30-32-34-35-36-37-39-41-43-45-48-52-56-60-64-77(82)94-73(68-88-75(80)62-58-54-50-47-44-42-40-38-33-31-29-27-25-22-18-14-10-6-2)70-92-96(85,86)90-66-71(78)65-89-95(83,84)91-69-72(67-87-74(79)61-57-53-49-20-16-12-8-4)93-76(81)63-59-55-51-46-23-19-15-11-7-3/h71-73,78H,5-70H2,1-4H3,(H,83,84)(H,85,86)/t71-,72+,73+/m0/s1. The summed E-state index contributed by atoms with van der Waals surface area (Å²) in [7, 11) is -9.90. The first-order valence-electron chi connectivity index (χ1n) is 40.3. The fourth-order valence-corrected chi connectivity index (χ4v) is 13.5. The van der Waals surface area contributed by atoms with Crippen molar-refractivity contribution in [3.63, 3.8) is 0 Å². The van der Waals surface area contributed by atoms with Gasteiger partial charge in [0.05, 0.1) is 26.4 Å². The van der Waals surface area contributed by atoms with E-state index in [1.165, 1.54) is 231 Å². The molecule has 0 fully saturated rings. The quantitative estimate of drug-likeness (QED) is 0.0222. The topological polar surface area (TPSA) is 237 Å². The maximum absolute atomic E-state index is 13.1. The third-order valence-corrected chi connectivity index (χ3v) is 20.0. The van der Waals surface area contributed by atoms with Gasteiger partial charge < -0.3 is 33.8 Å². The molecular formula is C77H150O17P2. The van der Waals surface area contributed by atoms with Crippen LogP contribution >= 0.6 is 15.6 Å². The van der Waals surface area contributed by atoms with Crippen molar-refractivity contribution in [1.29, 1.82) is 0 Å². The monoisotopic (exact) mass is 1410 g/mol. The molecule has 0 radical (unpaired) electrons. The summed E-state index contributed by atoms with van der Waals surface area (Å²) in [6.07, 6.45) is 62.9. The molecule has 0 aromatic heterocycles. The number of carbonyl (C=O) groups is 4. The van der Waals surface area contributed by atoms with Crippen molar-refractivity contribution >= 4 is 39.5 Å². The van der Waals surface area contributed by atoms with Crippen LogP contribution in [0, 0.1) is 0 Å². The third kappa shape index (κ3) is 70.5. The van der Waals surface area contributed by atoms with Crippen LogP contribution in [0.5, 0.6) is 0 Å². The van der Waals surface area contributed by atoms with Gasteiger partial charge in [-0.2, -0.15) is 0 Å². The van der Waals surface area contributed by atoms with Crippen LogP contribution in [-0.2, 0) is 65.4 Å². The molecule has 0 aromatic rings. The number of esters is 4. The zero-order valence-corrected chi connectivity index (χ0v) is 64.1. The fraction of sp³-hybridized carbons (Fsp3) is 0.948. The van der Waals surface area contributed by atoms with Crippen LogP contribution in [0.2, 0.25) is 0 Å². The van der Waals surface area contributed by atoms with E-state index >= 15 is 0 Å². The molecule has 0 aliphatic heterocycles. The second-order valence-electron chi connectivity index (χ2n) is 27.7. The van der Waals surface area contributed by atoms with E-state index in [9.17, 15) is 43.2 Å². The third-order valence-electron chi connectivity index (χ3n) is 18.1. The highest BCUT2D eigenvalue weighted by atomic mass is 31.2. The lowest BCUT2D eigenvalue weighted by Crippen LogP contribution is -2.30. The summed E-state index contributed by atoms with van der Waals surface area (Å²) in [5, 5.41) is 10.6. The summed E-state index contributed by atoms with van der Waals surface area (Å²) in [5.41, 5.74) is 0. The first-order valence-corrected chi connectivity index (χ1v) is 43.3. The number of hydrogen-bond donors (Lipinski definition) is 3. The highest BCUT2D eigenvalue weighted by Crippen LogP contribution is 2.45.